The number of anilines is 1. The zero-order valence-corrected chi connectivity index (χ0v) is 12.7. The van der Waals surface area contributed by atoms with Crippen LogP contribution in [0.15, 0.2) is 66.3 Å². The van der Waals surface area contributed by atoms with E-state index in [9.17, 15) is 0 Å². The molecule has 0 amide bonds. The number of aromatic nitrogens is 2. The normalized spacial score (nSPS) is 11.6. The first-order valence-corrected chi connectivity index (χ1v) is 7.60. The van der Waals surface area contributed by atoms with Gasteiger partial charge in [0.05, 0.1) is 33.5 Å². The molecular formula is C15H13ClN4S. The minimum Gasteiger partial charge on any atom is -0.331 e. The third-order valence-corrected chi connectivity index (χ3v) is 4.12. The number of nitrogens with one attached hydrogen (secondary N) is 1. The maximum Gasteiger partial charge on any atom is 0.0976 e. The van der Waals surface area contributed by atoms with Crippen molar-refractivity contribution in [2.75, 3.05) is 5.43 Å². The van der Waals surface area contributed by atoms with E-state index in [-0.39, 0.29) is 0 Å². The van der Waals surface area contributed by atoms with Crippen molar-refractivity contribution in [3.8, 4) is 0 Å². The molecule has 0 fully saturated rings. The van der Waals surface area contributed by atoms with Crippen LogP contribution in [0.25, 0.3) is 0 Å². The van der Waals surface area contributed by atoms with Gasteiger partial charge in [0.2, 0.25) is 0 Å². The number of thiophene rings is 1. The highest BCUT2D eigenvalue weighted by atomic mass is 35.5. The average molecular weight is 317 g/mol. The average Bonchev–Trinajstić information content (AvgIpc) is 3.16. The third-order valence-electron chi connectivity index (χ3n) is 2.84. The molecule has 0 aliphatic carbocycles. The molecule has 4 nitrogen and oxygen atoms in total. The molecule has 0 saturated carbocycles. The number of para-hydroxylation sites is 1. The Bertz CT molecular complexity index is 719. The second kappa shape index (κ2) is 6.56. The Labute approximate surface area is 131 Å². The van der Waals surface area contributed by atoms with Crippen LogP contribution in [0.4, 0.5) is 5.69 Å². The summed E-state index contributed by atoms with van der Waals surface area (Å²) < 4.78 is 2.72. The molecule has 21 heavy (non-hydrogen) atoms. The number of hydrazone groups is 1. The molecule has 2 heterocycles. The van der Waals surface area contributed by atoms with Crippen LogP contribution >= 0.6 is 22.9 Å². The lowest BCUT2D eigenvalue weighted by Crippen LogP contribution is -2.11. The lowest BCUT2D eigenvalue weighted by Gasteiger charge is -2.07. The van der Waals surface area contributed by atoms with E-state index < -0.39 is 0 Å². The van der Waals surface area contributed by atoms with Crippen molar-refractivity contribution >= 4 is 34.3 Å². The Morgan fingerprint density at radius 2 is 2.10 bits per heavy atom. The molecule has 2 aromatic heterocycles. The van der Waals surface area contributed by atoms with Crippen LogP contribution in [-0.4, -0.2) is 15.3 Å². The topological polar surface area (TPSA) is 42.2 Å². The van der Waals surface area contributed by atoms with Crippen molar-refractivity contribution in [2.45, 2.75) is 6.54 Å². The monoisotopic (exact) mass is 316 g/mol. The summed E-state index contributed by atoms with van der Waals surface area (Å²) in [4.78, 5) is 5.10. The molecule has 0 aliphatic heterocycles. The lowest BCUT2D eigenvalue weighted by molar-refractivity contribution is 0.849. The Morgan fingerprint density at radius 3 is 2.76 bits per heavy atom. The molecule has 0 aliphatic rings. The van der Waals surface area contributed by atoms with Crippen LogP contribution in [0.5, 0.6) is 0 Å². The van der Waals surface area contributed by atoms with Crippen molar-refractivity contribution in [1.82, 2.24) is 9.55 Å². The molecule has 0 spiro atoms. The first-order valence-electron chi connectivity index (χ1n) is 6.40. The Kier molecular flexibility index (Phi) is 4.33. The van der Waals surface area contributed by atoms with Gasteiger partial charge in [0.1, 0.15) is 0 Å². The molecule has 0 radical (unpaired) electrons. The molecule has 0 unspecified atom stereocenters. The minimum absolute atomic E-state index is 0.636. The zero-order valence-electron chi connectivity index (χ0n) is 11.1. The Morgan fingerprint density at radius 1 is 1.24 bits per heavy atom. The SMILES string of the molecule is Clc1ccc(/C(Cn2ccnc2)=N/Nc2ccccc2)s1. The minimum atomic E-state index is 0.636. The molecule has 1 aromatic carbocycles. The second-order valence-electron chi connectivity index (χ2n) is 4.38. The van der Waals surface area contributed by atoms with Crippen molar-refractivity contribution in [3.63, 3.8) is 0 Å². The van der Waals surface area contributed by atoms with E-state index in [0.717, 1.165) is 20.6 Å². The van der Waals surface area contributed by atoms with Gasteiger partial charge in [-0.2, -0.15) is 5.10 Å². The summed E-state index contributed by atoms with van der Waals surface area (Å²) in [5.41, 5.74) is 4.94. The standard InChI is InChI=1S/C15H13ClN4S/c16-15-7-6-14(21-15)13(10-20-9-8-17-11-20)19-18-12-4-2-1-3-5-12/h1-9,11,18H,10H2/b19-13+. The highest BCUT2D eigenvalue weighted by Gasteiger charge is 2.08. The molecule has 6 heteroatoms. The summed E-state index contributed by atoms with van der Waals surface area (Å²) in [6.07, 6.45) is 5.43. The van der Waals surface area contributed by atoms with Gasteiger partial charge in [-0.1, -0.05) is 29.8 Å². The second-order valence-corrected chi connectivity index (χ2v) is 6.09. The van der Waals surface area contributed by atoms with Crippen LogP contribution in [0.1, 0.15) is 4.88 Å². The van der Waals surface area contributed by atoms with Gasteiger partial charge in [-0.25, -0.2) is 4.98 Å². The smallest absolute Gasteiger partial charge is 0.0976 e. The van der Waals surface area contributed by atoms with Gasteiger partial charge >= 0.3 is 0 Å². The number of imidazole rings is 1. The van der Waals surface area contributed by atoms with E-state index in [2.05, 4.69) is 15.5 Å². The first kappa shape index (κ1) is 13.9. The number of hydrogen-bond acceptors (Lipinski definition) is 4. The van der Waals surface area contributed by atoms with E-state index in [4.69, 9.17) is 11.6 Å². The van der Waals surface area contributed by atoms with Crippen LogP contribution in [0, 0.1) is 0 Å². The summed E-state index contributed by atoms with van der Waals surface area (Å²) in [5.74, 6) is 0. The van der Waals surface area contributed by atoms with E-state index in [0.29, 0.717) is 6.54 Å². The van der Waals surface area contributed by atoms with Crippen molar-refractivity contribution in [1.29, 1.82) is 0 Å². The van der Waals surface area contributed by atoms with Crippen molar-refractivity contribution < 1.29 is 0 Å². The molecule has 3 rings (SSSR count). The van der Waals surface area contributed by atoms with E-state index in [1.807, 2.05) is 53.2 Å². The van der Waals surface area contributed by atoms with Crippen LogP contribution < -0.4 is 5.43 Å². The zero-order chi connectivity index (χ0) is 14.5. The van der Waals surface area contributed by atoms with E-state index >= 15 is 0 Å². The molecule has 0 bridgehead atoms. The highest BCUT2D eigenvalue weighted by Crippen LogP contribution is 2.23. The van der Waals surface area contributed by atoms with Gasteiger partial charge in [0, 0.05) is 12.4 Å². The number of benzene rings is 1. The van der Waals surface area contributed by atoms with Gasteiger partial charge in [0.25, 0.3) is 0 Å². The van der Waals surface area contributed by atoms with Crippen molar-refractivity contribution in [2.24, 2.45) is 5.10 Å². The van der Waals surface area contributed by atoms with E-state index in [1.54, 1.807) is 12.5 Å². The fraction of sp³-hybridized carbons (Fsp3) is 0.0667. The van der Waals surface area contributed by atoms with Crippen LogP contribution in [-0.2, 0) is 6.54 Å². The number of nitrogens with zero attached hydrogens (tertiary/aromatic N) is 3. The van der Waals surface area contributed by atoms with Crippen LogP contribution in [0.2, 0.25) is 4.34 Å². The summed E-state index contributed by atoms with van der Waals surface area (Å²) in [6.45, 7) is 0.636. The van der Waals surface area contributed by atoms with Gasteiger partial charge < -0.3 is 4.57 Å². The predicted molar refractivity (Wildman–Crippen MR) is 88.2 cm³/mol. The maximum absolute atomic E-state index is 6.03. The van der Waals surface area contributed by atoms with Gasteiger partial charge in [-0.05, 0) is 24.3 Å². The van der Waals surface area contributed by atoms with Crippen LogP contribution in [0.3, 0.4) is 0 Å². The summed E-state index contributed by atoms with van der Waals surface area (Å²) in [6, 6.07) is 13.7. The molecule has 106 valence electrons. The Hall–Kier alpha value is -2.11. The van der Waals surface area contributed by atoms with Gasteiger partial charge in [-0.15, -0.1) is 11.3 Å². The summed E-state index contributed by atoms with van der Waals surface area (Å²) in [5, 5.41) is 4.52. The molecule has 0 saturated heterocycles. The first-order chi connectivity index (χ1) is 10.3. The summed E-state index contributed by atoms with van der Waals surface area (Å²) >= 11 is 7.54. The van der Waals surface area contributed by atoms with Gasteiger partial charge in [0.15, 0.2) is 0 Å². The number of rotatable bonds is 5. The van der Waals surface area contributed by atoms with Crippen molar-refractivity contribution in [3.05, 3.63) is 70.4 Å². The number of halogens is 1. The lowest BCUT2D eigenvalue weighted by atomic mass is 10.3. The molecule has 0 atom stereocenters. The largest absolute Gasteiger partial charge is 0.331 e. The quantitative estimate of drug-likeness (QED) is 0.568. The molecule has 1 N–H and O–H groups in total. The molecular weight excluding hydrogens is 304 g/mol. The summed E-state index contributed by atoms with van der Waals surface area (Å²) in [7, 11) is 0. The maximum atomic E-state index is 6.03. The predicted octanol–water partition coefficient (Wildman–Crippen LogP) is 4.11. The van der Waals surface area contributed by atoms with E-state index in [1.165, 1.54) is 11.3 Å². The van der Waals surface area contributed by atoms with Gasteiger partial charge in [-0.3, -0.25) is 5.43 Å². The fourth-order valence-electron chi connectivity index (χ4n) is 1.84. The molecule has 3 aromatic rings. The highest BCUT2D eigenvalue weighted by molar-refractivity contribution is 7.18. The Balaban J connectivity index is 1.84. The fourth-order valence-corrected chi connectivity index (χ4v) is 2.86. The third kappa shape index (κ3) is 3.71. The number of hydrogen-bond donors (Lipinski definition) is 1.